The van der Waals surface area contributed by atoms with Crippen molar-refractivity contribution in [3.8, 4) is 0 Å². The minimum atomic E-state index is 0.417. The van der Waals surface area contributed by atoms with Crippen LogP contribution in [0.3, 0.4) is 0 Å². The molecular formula is C15H20BrClN4. The monoisotopic (exact) mass is 370 g/mol. The molecule has 1 saturated heterocycles. The molecule has 1 unspecified atom stereocenters. The van der Waals surface area contributed by atoms with E-state index >= 15 is 0 Å². The highest BCUT2D eigenvalue weighted by Gasteiger charge is 2.20. The number of rotatable bonds is 4. The molecule has 1 aliphatic rings. The van der Waals surface area contributed by atoms with Crippen LogP contribution in [0.15, 0.2) is 16.7 Å². The molecule has 1 fully saturated rings. The second-order valence-corrected chi connectivity index (χ2v) is 6.90. The minimum absolute atomic E-state index is 0.417. The second kappa shape index (κ2) is 6.63. The summed E-state index contributed by atoms with van der Waals surface area (Å²) in [5.41, 5.74) is 1.84. The summed E-state index contributed by atoms with van der Waals surface area (Å²) in [6.45, 7) is 5.58. The van der Waals surface area contributed by atoms with Gasteiger partial charge in [0.1, 0.15) is 11.3 Å². The van der Waals surface area contributed by atoms with Crippen molar-refractivity contribution in [1.29, 1.82) is 0 Å². The number of likely N-dealkylation sites (tertiary alicyclic amines) is 1. The molecule has 2 aromatic rings. The van der Waals surface area contributed by atoms with Crippen LogP contribution in [0.1, 0.15) is 32.0 Å². The Morgan fingerprint density at radius 3 is 2.81 bits per heavy atom. The second-order valence-electron chi connectivity index (χ2n) is 5.71. The first-order chi connectivity index (χ1) is 10.2. The maximum atomic E-state index is 6.08. The van der Waals surface area contributed by atoms with E-state index in [4.69, 9.17) is 11.6 Å². The molecule has 3 heterocycles. The van der Waals surface area contributed by atoms with Crippen LogP contribution in [0.4, 0.5) is 0 Å². The number of nitrogens with zero attached hydrogens (tertiary/aromatic N) is 4. The number of pyridine rings is 1. The van der Waals surface area contributed by atoms with Gasteiger partial charge >= 0.3 is 0 Å². The number of halogens is 2. The van der Waals surface area contributed by atoms with Gasteiger partial charge in [-0.1, -0.05) is 6.42 Å². The fourth-order valence-corrected chi connectivity index (χ4v) is 3.59. The summed E-state index contributed by atoms with van der Waals surface area (Å²) in [5, 5.41) is 0. The van der Waals surface area contributed by atoms with Crippen LogP contribution in [0.2, 0.25) is 0 Å². The summed E-state index contributed by atoms with van der Waals surface area (Å²) >= 11 is 9.52. The maximum absolute atomic E-state index is 6.08. The quantitative estimate of drug-likeness (QED) is 0.766. The third kappa shape index (κ3) is 3.25. The Hall–Kier alpha value is -0.650. The largest absolute Gasteiger partial charge is 0.310 e. The van der Waals surface area contributed by atoms with E-state index < -0.39 is 0 Å². The van der Waals surface area contributed by atoms with E-state index in [1.165, 1.54) is 32.4 Å². The van der Waals surface area contributed by atoms with Crippen molar-refractivity contribution < 1.29 is 0 Å². The Bertz CT molecular complexity index is 621. The van der Waals surface area contributed by atoms with Crippen molar-refractivity contribution in [3.63, 3.8) is 0 Å². The lowest BCUT2D eigenvalue weighted by molar-refractivity contribution is 0.160. The van der Waals surface area contributed by atoms with E-state index in [9.17, 15) is 0 Å². The molecule has 0 saturated carbocycles. The molecule has 0 bridgehead atoms. The van der Waals surface area contributed by atoms with Crippen molar-refractivity contribution >= 4 is 38.7 Å². The molecule has 3 rings (SSSR count). The number of aromatic nitrogens is 3. The van der Waals surface area contributed by atoms with E-state index in [0.717, 1.165) is 28.0 Å². The number of alkyl halides is 1. The number of fused-ring (bicyclic) bond motifs is 1. The number of hydrogen-bond donors (Lipinski definition) is 0. The molecule has 114 valence electrons. The molecule has 1 atom stereocenters. The van der Waals surface area contributed by atoms with Gasteiger partial charge in [-0.3, -0.25) is 4.90 Å². The van der Waals surface area contributed by atoms with E-state index in [2.05, 4.69) is 42.3 Å². The molecular weight excluding hydrogens is 352 g/mol. The van der Waals surface area contributed by atoms with Crippen molar-refractivity contribution in [1.82, 2.24) is 19.4 Å². The van der Waals surface area contributed by atoms with Crippen LogP contribution in [0.25, 0.3) is 11.2 Å². The lowest BCUT2D eigenvalue weighted by atomic mass is 10.1. The summed E-state index contributed by atoms with van der Waals surface area (Å²) in [4.78, 5) is 11.7. The smallest absolute Gasteiger partial charge is 0.160 e. The van der Waals surface area contributed by atoms with E-state index in [1.807, 2.05) is 12.3 Å². The molecule has 2 aromatic heterocycles. The summed E-state index contributed by atoms with van der Waals surface area (Å²) in [6, 6.07) is 2.48. The van der Waals surface area contributed by atoms with Gasteiger partial charge in [0.05, 0.1) is 5.88 Å². The molecule has 0 N–H and O–H groups in total. The number of hydrogen-bond acceptors (Lipinski definition) is 3. The van der Waals surface area contributed by atoms with Crippen molar-refractivity contribution in [2.45, 2.75) is 44.7 Å². The van der Waals surface area contributed by atoms with E-state index in [-0.39, 0.29) is 0 Å². The van der Waals surface area contributed by atoms with Crippen LogP contribution >= 0.6 is 27.5 Å². The molecule has 0 aromatic carbocycles. The van der Waals surface area contributed by atoms with Crippen LogP contribution < -0.4 is 0 Å². The normalized spacial score (nSPS) is 18.2. The topological polar surface area (TPSA) is 34.0 Å². The van der Waals surface area contributed by atoms with Gasteiger partial charge in [0.15, 0.2) is 5.65 Å². The predicted molar refractivity (Wildman–Crippen MR) is 89.7 cm³/mol. The average Bonchev–Trinajstić information content (AvgIpc) is 2.85. The summed E-state index contributed by atoms with van der Waals surface area (Å²) in [6.07, 6.45) is 5.80. The van der Waals surface area contributed by atoms with Crippen molar-refractivity contribution in [2.75, 3.05) is 13.1 Å². The Labute approximate surface area is 138 Å². The van der Waals surface area contributed by atoms with Crippen LogP contribution in [0.5, 0.6) is 0 Å². The van der Waals surface area contributed by atoms with Gasteiger partial charge < -0.3 is 4.57 Å². The number of imidazole rings is 1. The minimum Gasteiger partial charge on any atom is -0.310 e. The Morgan fingerprint density at radius 2 is 2.10 bits per heavy atom. The summed E-state index contributed by atoms with van der Waals surface area (Å²) in [5.74, 6) is 1.32. The van der Waals surface area contributed by atoms with Gasteiger partial charge in [-0.05, 0) is 54.9 Å². The zero-order valence-electron chi connectivity index (χ0n) is 12.2. The molecule has 0 radical (unpaired) electrons. The highest BCUT2D eigenvalue weighted by Crippen LogP contribution is 2.21. The van der Waals surface area contributed by atoms with Crippen LogP contribution in [-0.2, 0) is 12.4 Å². The Kier molecular flexibility index (Phi) is 4.82. The molecule has 0 spiro atoms. The third-order valence-electron chi connectivity index (χ3n) is 4.21. The fraction of sp³-hybridized carbons (Fsp3) is 0.600. The zero-order chi connectivity index (χ0) is 14.8. The predicted octanol–water partition coefficient (Wildman–Crippen LogP) is 3.81. The molecule has 0 aliphatic carbocycles. The third-order valence-corrected chi connectivity index (χ3v) is 4.88. The highest BCUT2D eigenvalue weighted by atomic mass is 79.9. The average molecular weight is 372 g/mol. The van der Waals surface area contributed by atoms with E-state index in [1.54, 1.807) is 0 Å². The lowest BCUT2D eigenvalue weighted by Gasteiger charge is -2.32. The first kappa shape index (κ1) is 15.3. The van der Waals surface area contributed by atoms with Gasteiger partial charge in [-0.15, -0.1) is 11.6 Å². The van der Waals surface area contributed by atoms with Crippen molar-refractivity contribution in [2.24, 2.45) is 0 Å². The van der Waals surface area contributed by atoms with Gasteiger partial charge in [0, 0.05) is 23.3 Å². The number of piperidine rings is 1. The molecule has 0 amide bonds. The molecule has 1 aliphatic heterocycles. The maximum Gasteiger partial charge on any atom is 0.160 e. The fourth-order valence-electron chi connectivity index (χ4n) is 3.07. The van der Waals surface area contributed by atoms with E-state index in [0.29, 0.717) is 11.9 Å². The van der Waals surface area contributed by atoms with Crippen LogP contribution in [0, 0.1) is 0 Å². The van der Waals surface area contributed by atoms with Crippen LogP contribution in [-0.4, -0.2) is 38.6 Å². The Morgan fingerprint density at radius 1 is 1.33 bits per heavy atom. The zero-order valence-corrected chi connectivity index (χ0v) is 14.6. The SMILES string of the molecule is CC(Cn1c(CCl)nc2cc(Br)cnc21)N1CCCCC1. The van der Waals surface area contributed by atoms with Gasteiger partial charge in [0.25, 0.3) is 0 Å². The summed E-state index contributed by atoms with van der Waals surface area (Å²) in [7, 11) is 0. The van der Waals surface area contributed by atoms with Crippen molar-refractivity contribution in [3.05, 3.63) is 22.6 Å². The highest BCUT2D eigenvalue weighted by molar-refractivity contribution is 9.10. The van der Waals surface area contributed by atoms with Gasteiger partial charge in [0.2, 0.25) is 0 Å². The van der Waals surface area contributed by atoms with Gasteiger partial charge in [-0.25, -0.2) is 9.97 Å². The standard InChI is InChI=1S/C15H20BrClN4/c1-11(20-5-3-2-4-6-20)10-21-14(8-17)19-13-7-12(16)9-18-15(13)21/h7,9,11H,2-6,8,10H2,1H3. The van der Waals surface area contributed by atoms with Gasteiger partial charge in [-0.2, -0.15) is 0 Å². The summed E-state index contributed by atoms with van der Waals surface area (Å²) < 4.78 is 3.12. The Balaban J connectivity index is 1.88. The first-order valence-corrected chi connectivity index (χ1v) is 8.82. The molecule has 4 nitrogen and oxygen atoms in total. The molecule has 6 heteroatoms. The first-order valence-electron chi connectivity index (χ1n) is 7.49. The lowest BCUT2D eigenvalue weighted by Crippen LogP contribution is -2.40. The molecule has 21 heavy (non-hydrogen) atoms.